The maximum atomic E-state index is 5.53. The van der Waals surface area contributed by atoms with E-state index in [9.17, 15) is 0 Å². The molecule has 1 aromatic carbocycles. The molecule has 1 aliphatic rings. The second-order valence-corrected chi connectivity index (χ2v) is 4.06. The fourth-order valence-corrected chi connectivity index (χ4v) is 1.93. The topological polar surface area (TPSA) is 30.5 Å². The molecule has 1 aromatic rings. The summed E-state index contributed by atoms with van der Waals surface area (Å²) >= 11 is 4.45. The molecule has 4 heteroatoms. The highest BCUT2D eigenvalue weighted by Gasteiger charge is 2.16. The summed E-state index contributed by atoms with van der Waals surface area (Å²) in [5, 5.41) is 3.13. The van der Waals surface area contributed by atoms with Crippen LogP contribution in [0.3, 0.4) is 0 Å². The van der Waals surface area contributed by atoms with E-state index in [0.29, 0.717) is 13.2 Å². The molecule has 1 aliphatic heterocycles. The summed E-state index contributed by atoms with van der Waals surface area (Å²) in [6, 6.07) is 4.00. The lowest BCUT2D eigenvalue weighted by molar-refractivity contribution is 0.171. The molecule has 0 aromatic heterocycles. The van der Waals surface area contributed by atoms with E-state index in [2.05, 4.69) is 17.9 Å². The fourth-order valence-electron chi connectivity index (χ4n) is 1.66. The average molecular weight is 225 g/mol. The van der Waals surface area contributed by atoms with E-state index in [1.807, 2.05) is 26.1 Å². The molecular formula is C11H15NO2S. The SMILES string of the molecule is CNC(S)c1cc2c(cc1C)OCCO2. The predicted octanol–water partition coefficient (Wildman–Crippen LogP) is 1.91. The largest absolute Gasteiger partial charge is 0.486 e. The zero-order valence-corrected chi connectivity index (χ0v) is 9.80. The molecule has 82 valence electrons. The smallest absolute Gasteiger partial charge is 0.161 e. The van der Waals surface area contributed by atoms with Crippen molar-refractivity contribution in [3.05, 3.63) is 23.3 Å². The number of hydrogen-bond donors (Lipinski definition) is 2. The van der Waals surface area contributed by atoms with Crippen LogP contribution in [0.2, 0.25) is 0 Å². The third-order valence-corrected chi connectivity index (χ3v) is 3.04. The molecule has 1 unspecified atom stereocenters. The summed E-state index contributed by atoms with van der Waals surface area (Å²) in [6.07, 6.45) is 0. The first-order chi connectivity index (χ1) is 7.22. The predicted molar refractivity (Wildman–Crippen MR) is 63.0 cm³/mol. The molecule has 0 spiro atoms. The highest BCUT2D eigenvalue weighted by Crippen LogP contribution is 2.35. The van der Waals surface area contributed by atoms with Gasteiger partial charge in [0.15, 0.2) is 11.5 Å². The number of ether oxygens (including phenoxy) is 2. The number of thiol groups is 1. The second-order valence-electron chi connectivity index (χ2n) is 3.54. The van der Waals surface area contributed by atoms with Crippen LogP contribution < -0.4 is 14.8 Å². The van der Waals surface area contributed by atoms with Crippen LogP contribution in [0.5, 0.6) is 11.5 Å². The summed E-state index contributed by atoms with van der Waals surface area (Å²) in [4.78, 5) is 0. The van der Waals surface area contributed by atoms with Crippen LogP contribution in [0.1, 0.15) is 16.5 Å². The lowest BCUT2D eigenvalue weighted by atomic mass is 10.1. The Kier molecular flexibility index (Phi) is 3.07. The third kappa shape index (κ3) is 2.06. The van der Waals surface area contributed by atoms with Crippen molar-refractivity contribution in [2.75, 3.05) is 20.3 Å². The Labute approximate surface area is 95.2 Å². The molecular weight excluding hydrogens is 210 g/mol. The van der Waals surface area contributed by atoms with Crippen molar-refractivity contribution in [2.24, 2.45) is 0 Å². The van der Waals surface area contributed by atoms with Crippen molar-refractivity contribution < 1.29 is 9.47 Å². The maximum absolute atomic E-state index is 5.53. The third-order valence-electron chi connectivity index (χ3n) is 2.50. The van der Waals surface area contributed by atoms with Crippen LogP contribution in [0.4, 0.5) is 0 Å². The molecule has 3 nitrogen and oxygen atoms in total. The Balaban J connectivity index is 2.40. The van der Waals surface area contributed by atoms with E-state index in [1.165, 1.54) is 0 Å². The number of nitrogens with one attached hydrogen (secondary N) is 1. The van der Waals surface area contributed by atoms with Gasteiger partial charge in [0.25, 0.3) is 0 Å². The minimum Gasteiger partial charge on any atom is -0.486 e. The Morgan fingerprint density at radius 3 is 2.47 bits per heavy atom. The lowest BCUT2D eigenvalue weighted by Crippen LogP contribution is -2.17. The monoisotopic (exact) mass is 225 g/mol. The van der Waals surface area contributed by atoms with Crippen molar-refractivity contribution in [3.63, 3.8) is 0 Å². The van der Waals surface area contributed by atoms with Crippen molar-refractivity contribution >= 4 is 12.6 Å². The minimum absolute atomic E-state index is 0.0285. The average Bonchev–Trinajstić information content (AvgIpc) is 2.27. The Hall–Kier alpha value is -0.870. The Bertz CT molecular complexity index is 368. The highest BCUT2D eigenvalue weighted by atomic mass is 32.1. The summed E-state index contributed by atoms with van der Waals surface area (Å²) in [7, 11) is 1.88. The Morgan fingerprint density at radius 2 is 1.87 bits per heavy atom. The van der Waals surface area contributed by atoms with Crippen LogP contribution in [-0.2, 0) is 0 Å². The first kappa shape index (κ1) is 10.6. The van der Waals surface area contributed by atoms with Gasteiger partial charge in [0.1, 0.15) is 13.2 Å². The molecule has 15 heavy (non-hydrogen) atoms. The highest BCUT2D eigenvalue weighted by molar-refractivity contribution is 7.80. The van der Waals surface area contributed by atoms with Crippen molar-refractivity contribution in [3.8, 4) is 11.5 Å². The molecule has 0 amide bonds. The van der Waals surface area contributed by atoms with Gasteiger partial charge in [0.05, 0.1) is 5.37 Å². The normalized spacial score (nSPS) is 16.2. The van der Waals surface area contributed by atoms with Crippen molar-refractivity contribution in [1.82, 2.24) is 5.32 Å². The molecule has 1 atom stereocenters. The number of aryl methyl sites for hydroxylation is 1. The van der Waals surface area contributed by atoms with Gasteiger partial charge in [-0.15, -0.1) is 0 Å². The van der Waals surface area contributed by atoms with E-state index in [1.54, 1.807) is 0 Å². The van der Waals surface area contributed by atoms with Gasteiger partial charge in [0, 0.05) is 0 Å². The first-order valence-corrected chi connectivity index (χ1v) is 5.49. The van der Waals surface area contributed by atoms with Gasteiger partial charge in [-0.25, -0.2) is 0 Å². The molecule has 1 heterocycles. The van der Waals surface area contributed by atoms with Crippen LogP contribution in [0.25, 0.3) is 0 Å². The van der Waals surface area contributed by atoms with Crippen molar-refractivity contribution in [2.45, 2.75) is 12.3 Å². The number of benzene rings is 1. The fraction of sp³-hybridized carbons (Fsp3) is 0.455. The van der Waals surface area contributed by atoms with Crippen LogP contribution >= 0.6 is 12.6 Å². The van der Waals surface area contributed by atoms with Crippen LogP contribution in [-0.4, -0.2) is 20.3 Å². The summed E-state index contributed by atoms with van der Waals surface area (Å²) in [5.41, 5.74) is 2.29. The van der Waals surface area contributed by atoms with Gasteiger partial charge in [-0.3, -0.25) is 0 Å². The van der Waals surface area contributed by atoms with Crippen LogP contribution in [0.15, 0.2) is 12.1 Å². The molecule has 0 aliphatic carbocycles. The maximum Gasteiger partial charge on any atom is 0.161 e. The number of fused-ring (bicyclic) bond motifs is 1. The van der Waals surface area contributed by atoms with Gasteiger partial charge >= 0.3 is 0 Å². The number of rotatable bonds is 2. The van der Waals surface area contributed by atoms with Gasteiger partial charge in [-0.2, -0.15) is 12.6 Å². The summed E-state index contributed by atoms with van der Waals surface area (Å²) < 4.78 is 11.0. The summed E-state index contributed by atoms with van der Waals surface area (Å²) in [6.45, 7) is 3.29. The summed E-state index contributed by atoms with van der Waals surface area (Å²) in [5.74, 6) is 1.65. The minimum atomic E-state index is 0.0285. The molecule has 2 rings (SSSR count). The van der Waals surface area contributed by atoms with Crippen molar-refractivity contribution in [1.29, 1.82) is 0 Å². The quantitative estimate of drug-likeness (QED) is 0.595. The molecule has 0 fully saturated rings. The lowest BCUT2D eigenvalue weighted by Gasteiger charge is -2.22. The first-order valence-electron chi connectivity index (χ1n) is 4.98. The van der Waals surface area contributed by atoms with E-state index >= 15 is 0 Å². The van der Waals surface area contributed by atoms with Gasteiger partial charge in [-0.05, 0) is 37.2 Å². The van der Waals surface area contributed by atoms with E-state index < -0.39 is 0 Å². The van der Waals surface area contributed by atoms with Crippen LogP contribution in [0, 0.1) is 6.92 Å². The zero-order valence-electron chi connectivity index (χ0n) is 8.91. The van der Waals surface area contributed by atoms with E-state index in [0.717, 1.165) is 22.6 Å². The molecule has 1 N–H and O–H groups in total. The van der Waals surface area contributed by atoms with E-state index in [-0.39, 0.29) is 5.37 Å². The van der Waals surface area contributed by atoms with Gasteiger partial charge < -0.3 is 14.8 Å². The molecule has 0 saturated carbocycles. The zero-order chi connectivity index (χ0) is 10.8. The molecule has 0 saturated heterocycles. The van der Waals surface area contributed by atoms with Gasteiger partial charge in [0.2, 0.25) is 0 Å². The molecule has 0 bridgehead atoms. The van der Waals surface area contributed by atoms with E-state index in [4.69, 9.17) is 9.47 Å². The second kappa shape index (κ2) is 4.33. The number of hydrogen-bond acceptors (Lipinski definition) is 4. The van der Waals surface area contributed by atoms with Gasteiger partial charge in [-0.1, -0.05) is 0 Å². The Morgan fingerprint density at radius 1 is 1.27 bits per heavy atom. The molecule has 0 radical (unpaired) electrons. The standard InChI is InChI=1S/C11H15NO2S/c1-7-5-9-10(14-4-3-13-9)6-8(7)11(15)12-2/h5-6,11-12,15H,3-4H2,1-2H3.